The molecule has 2 aromatic carbocycles. The molecule has 3 atom stereocenters. The Bertz CT molecular complexity index is 1100. The minimum absolute atomic E-state index is 0.0427. The molecule has 3 rings (SSSR count). The van der Waals surface area contributed by atoms with Crippen LogP contribution in [0.2, 0.25) is 0 Å². The van der Waals surface area contributed by atoms with Gasteiger partial charge in [0.1, 0.15) is 12.1 Å². The highest BCUT2D eigenvalue weighted by molar-refractivity contribution is 5.89. The molecule has 3 N–H and O–H groups in total. The van der Waals surface area contributed by atoms with Crippen LogP contribution in [0, 0.1) is 0 Å². The zero-order chi connectivity index (χ0) is 28.9. The molecule has 0 spiro atoms. The van der Waals surface area contributed by atoms with E-state index in [1.807, 2.05) is 54.6 Å². The Morgan fingerprint density at radius 3 is 2.38 bits per heavy atom. The average Bonchev–Trinajstić information content (AvgIpc) is 2.96. The number of hydrogen-bond acceptors (Lipinski definition) is 10. The average molecular weight is 558 g/mol. The molecule has 1 aliphatic heterocycles. The smallest absolute Gasteiger partial charge is 0.329 e. The van der Waals surface area contributed by atoms with Gasteiger partial charge in [0.05, 0.1) is 31.3 Å². The highest BCUT2D eigenvalue weighted by Crippen LogP contribution is 2.25. The Kier molecular flexibility index (Phi) is 12.5. The van der Waals surface area contributed by atoms with E-state index in [1.54, 1.807) is 13.8 Å². The number of hydrogen-bond donors (Lipinski definition) is 3. The minimum atomic E-state index is -0.821. The molecule has 1 aliphatic rings. The van der Waals surface area contributed by atoms with Gasteiger partial charge in [-0.3, -0.25) is 30.2 Å². The number of amides is 1. The number of fused-ring (bicyclic) bond motifs is 1. The lowest BCUT2D eigenvalue weighted by Gasteiger charge is -2.37. The summed E-state index contributed by atoms with van der Waals surface area (Å²) in [5.41, 5.74) is 3.00. The maximum atomic E-state index is 13.7. The third-order valence-electron chi connectivity index (χ3n) is 6.75. The predicted molar refractivity (Wildman–Crippen MR) is 144 cm³/mol. The van der Waals surface area contributed by atoms with E-state index in [2.05, 4.69) is 10.2 Å². The molecule has 11 heteroatoms. The third kappa shape index (κ3) is 9.39. The Hall–Kier alpha value is -3.35. The van der Waals surface area contributed by atoms with Crippen LogP contribution in [0.25, 0.3) is 0 Å². The van der Waals surface area contributed by atoms with Crippen molar-refractivity contribution in [1.82, 2.24) is 15.6 Å². The van der Waals surface area contributed by atoms with E-state index in [0.717, 1.165) is 16.7 Å². The molecule has 0 aromatic heterocycles. The molecule has 3 unspecified atom stereocenters. The first-order valence-electron chi connectivity index (χ1n) is 13.6. The summed E-state index contributed by atoms with van der Waals surface area (Å²) >= 11 is 0. The van der Waals surface area contributed by atoms with Gasteiger partial charge in [-0.1, -0.05) is 54.6 Å². The van der Waals surface area contributed by atoms with Gasteiger partial charge in [-0.25, -0.2) is 4.79 Å². The van der Waals surface area contributed by atoms with Crippen molar-refractivity contribution in [3.8, 4) is 0 Å². The van der Waals surface area contributed by atoms with Gasteiger partial charge in [0, 0.05) is 13.0 Å². The summed E-state index contributed by atoms with van der Waals surface area (Å²) in [6, 6.07) is 15.2. The van der Waals surface area contributed by atoms with E-state index < -0.39 is 30.1 Å². The molecule has 11 nitrogen and oxygen atoms in total. The molecule has 218 valence electrons. The predicted octanol–water partition coefficient (Wildman–Crippen LogP) is 2.82. The maximum Gasteiger partial charge on any atom is 0.329 e. The van der Waals surface area contributed by atoms with E-state index in [1.165, 1.54) is 4.90 Å². The van der Waals surface area contributed by atoms with Gasteiger partial charge in [0.15, 0.2) is 0 Å². The first kappa shape index (κ1) is 31.2. The highest BCUT2D eigenvalue weighted by Gasteiger charge is 2.38. The summed E-state index contributed by atoms with van der Waals surface area (Å²) < 4.78 is 10.8. The number of esters is 2. The second kappa shape index (κ2) is 16.0. The number of nitrogens with zero attached hydrogens (tertiary/aromatic N) is 2. The fraction of sp³-hybridized carbons (Fsp3) is 0.483. The number of unbranched alkanes of at least 4 members (excludes halogenated alkanes) is 1. The second-order valence-corrected chi connectivity index (χ2v) is 9.63. The first-order chi connectivity index (χ1) is 19.3. The third-order valence-corrected chi connectivity index (χ3v) is 6.75. The number of ether oxygens (including phenoxy) is 2. The summed E-state index contributed by atoms with van der Waals surface area (Å²) in [6.45, 7) is 4.03. The lowest BCUT2D eigenvalue weighted by Crippen LogP contribution is -2.56. The molecule has 0 fully saturated rings. The van der Waals surface area contributed by atoms with Crippen LogP contribution in [0.15, 0.2) is 54.6 Å². The van der Waals surface area contributed by atoms with Gasteiger partial charge in [-0.05, 0) is 56.2 Å². The lowest BCUT2D eigenvalue weighted by atomic mass is 9.93. The van der Waals surface area contributed by atoms with Crippen LogP contribution >= 0.6 is 0 Å². The van der Waals surface area contributed by atoms with Crippen LogP contribution < -0.4 is 5.32 Å². The number of carbonyl (C=O) groups excluding carboxylic acids is 3. The van der Waals surface area contributed by atoms with Gasteiger partial charge in [-0.2, -0.15) is 0 Å². The number of carbonyl (C=O) groups is 3. The van der Waals surface area contributed by atoms with Crippen molar-refractivity contribution in [3.05, 3.63) is 71.3 Å². The molecule has 1 heterocycles. The lowest BCUT2D eigenvalue weighted by molar-refractivity contribution is -0.492. The van der Waals surface area contributed by atoms with Crippen LogP contribution in [0.1, 0.15) is 49.8 Å². The zero-order valence-corrected chi connectivity index (χ0v) is 23.0. The number of nitrogens with one attached hydrogen (secondary N) is 1. The maximum absolute atomic E-state index is 13.7. The topological polar surface area (TPSA) is 138 Å². The van der Waals surface area contributed by atoms with E-state index >= 15 is 0 Å². The van der Waals surface area contributed by atoms with Crippen LogP contribution in [0.3, 0.4) is 0 Å². The van der Waals surface area contributed by atoms with Gasteiger partial charge >= 0.3 is 11.9 Å². The molecule has 0 bridgehead atoms. The van der Waals surface area contributed by atoms with Crippen LogP contribution in [0.5, 0.6) is 0 Å². The minimum Gasteiger partial charge on any atom is -0.465 e. The monoisotopic (exact) mass is 557 g/mol. The molecule has 1 amide bonds. The van der Waals surface area contributed by atoms with Crippen molar-refractivity contribution in [2.45, 2.75) is 70.6 Å². The van der Waals surface area contributed by atoms with Crippen molar-refractivity contribution in [3.63, 3.8) is 0 Å². The number of benzene rings is 2. The normalized spacial score (nSPS) is 16.2. The molecule has 0 saturated carbocycles. The Labute approximate surface area is 234 Å². The number of aryl methyl sites for hydroxylation is 1. The summed E-state index contributed by atoms with van der Waals surface area (Å²) in [4.78, 5) is 45.6. The summed E-state index contributed by atoms with van der Waals surface area (Å²) in [7, 11) is 0. The largest absolute Gasteiger partial charge is 0.465 e. The summed E-state index contributed by atoms with van der Waals surface area (Å²) in [5, 5.41) is 19.9. The Morgan fingerprint density at radius 1 is 1.00 bits per heavy atom. The summed E-state index contributed by atoms with van der Waals surface area (Å²) in [5.74, 6) is -1.26. The molecular weight excluding hydrogens is 518 g/mol. The van der Waals surface area contributed by atoms with Gasteiger partial charge in [0.2, 0.25) is 5.91 Å². The van der Waals surface area contributed by atoms with Gasteiger partial charge < -0.3 is 14.4 Å². The summed E-state index contributed by atoms with van der Waals surface area (Å²) in [6.07, 6.45) is 2.26. The van der Waals surface area contributed by atoms with Crippen molar-refractivity contribution >= 4 is 17.8 Å². The van der Waals surface area contributed by atoms with Crippen molar-refractivity contribution in [2.24, 2.45) is 0 Å². The Balaban J connectivity index is 1.67. The van der Waals surface area contributed by atoms with Crippen molar-refractivity contribution < 1.29 is 39.1 Å². The van der Waals surface area contributed by atoms with E-state index in [4.69, 9.17) is 19.9 Å². The SMILES string of the molecule is CCOC(=O)C(CCc1ccccc1)NC(C)C(=O)N1Cc2ccccc2CC1C(=O)OCCCCON(O)O. The van der Waals surface area contributed by atoms with Crippen LogP contribution in [-0.4, -0.2) is 76.5 Å². The second-order valence-electron chi connectivity index (χ2n) is 9.63. The van der Waals surface area contributed by atoms with Gasteiger partial charge in [-0.15, -0.1) is 0 Å². The molecule has 40 heavy (non-hydrogen) atoms. The fourth-order valence-corrected chi connectivity index (χ4v) is 4.67. The fourth-order valence-electron chi connectivity index (χ4n) is 4.67. The molecule has 0 saturated heterocycles. The molecule has 0 aliphatic carbocycles. The van der Waals surface area contributed by atoms with Crippen LogP contribution in [0.4, 0.5) is 0 Å². The number of rotatable bonds is 15. The quantitative estimate of drug-likeness (QED) is 0.170. The standard InChI is InChI=1S/C29H39N3O8/c1-3-38-28(34)25(16-15-22-11-5-4-6-12-22)30-21(2)27(33)31-20-24-14-8-7-13-23(24)19-26(31)29(35)39-17-9-10-18-40-32(36)37/h4-8,11-14,21,25-26,30,36-37H,3,9-10,15-20H2,1-2H3. The molecular formula is C29H39N3O8. The molecule has 0 radical (unpaired) electrons. The highest BCUT2D eigenvalue weighted by atomic mass is 17.1. The molecule has 2 aromatic rings. The van der Waals surface area contributed by atoms with Gasteiger partial charge in [0.25, 0.3) is 0 Å². The van der Waals surface area contributed by atoms with E-state index in [0.29, 0.717) is 32.1 Å². The van der Waals surface area contributed by atoms with Crippen LogP contribution in [-0.2, 0) is 48.1 Å². The van der Waals surface area contributed by atoms with Crippen molar-refractivity contribution in [1.29, 1.82) is 0 Å². The van der Waals surface area contributed by atoms with E-state index in [-0.39, 0.29) is 37.7 Å². The Morgan fingerprint density at radius 2 is 1.68 bits per heavy atom. The van der Waals surface area contributed by atoms with E-state index in [9.17, 15) is 14.4 Å². The van der Waals surface area contributed by atoms with Crippen molar-refractivity contribution in [2.75, 3.05) is 19.8 Å². The first-order valence-corrected chi connectivity index (χ1v) is 13.6. The zero-order valence-electron chi connectivity index (χ0n) is 23.0.